The number of allylic oxidation sites excluding steroid dienone is 1. The van der Waals surface area contributed by atoms with Crippen molar-refractivity contribution in [1.29, 1.82) is 0 Å². The number of nitrogens with zero attached hydrogens (tertiary/aromatic N) is 2. The van der Waals surface area contributed by atoms with Crippen molar-refractivity contribution in [3.05, 3.63) is 59.2 Å². The second-order valence-electron chi connectivity index (χ2n) is 4.04. The van der Waals surface area contributed by atoms with Crippen molar-refractivity contribution in [2.24, 2.45) is 7.05 Å². The van der Waals surface area contributed by atoms with Crippen molar-refractivity contribution in [3.63, 3.8) is 0 Å². The summed E-state index contributed by atoms with van der Waals surface area (Å²) in [5.74, 6) is -0.519. The Morgan fingerprint density at radius 1 is 1.33 bits per heavy atom. The average Bonchev–Trinajstić information content (AvgIpc) is 2.67. The number of aromatic nitrogens is 2. The molecule has 1 aromatic carbocycles. The summed E-state index contributed by atoms with van der Waals surface area (Å²) in [5.41, 5.74) is 2.20. The van der Waals surface area contributed by atoms with Gasteiger partial charge in [0.2, 0.25) is 0 Å². The van der Waals surface area contributed by atoms with Crippen LogP contribution in [0, 0.1) is 12.7 Å². The van der Waals surface area contributed by atoms with Gasteiger partial charge in [-0.1, -0.05) is 0 Å². The zero-order valence-electron chi connectivity index (χ0n) is 10.2. The van der Waals surface area contributed by atoms with Crippen molar-refractivity contribution < 1.29 is 9.18 Å². The molecule has 0 saturated heterocycles. The van der Waals surface area contributed by atoms with Gasteiger partial charge in [0.05, 0.1) is 5.69 Å². The molecule has 18 heavy (non-hydrogen) atoms. The van der Waals surface area contributed by atoms with Gasteiger partial charge in [-0.2, -0.15) is 5.10 Å². The zero-order valence-corrected chi connectivity index (χ0v) is 10.2. The molecule has 92 valence electrons. The molecule has 3 nitrogen and oxygen atoms in total. The monoisotopic (exact) mass is 244 g/mol. The van der Waals surface area contributed by atoms with Crippen molar-refractivity contribution in [2.45, 2.75) is 6.92 Å². The summed E-state index contributed by atoms with van der Waals surface area (Å²) in [6.45, 7) is 1.94. The maximum Gasteiger partial charge on any atom is 0.185 e. The summed E-state index contributed by atoms with van der Waals surface area (Å²) in [4.78, 5) is 11.8. The molecule has 0 fully saturated rings. The lowest BCUT2D eigenvalue weighted by Gasteiger charge is -1.94. The van der Waals surface area contributed by atoms with Gasteiger partial charge >= 0.3 is 0 Å². The van der Waals surface area contributed by atoms with E-state index < -0.39 is 0 Å². The van der Waals surface area contributed by atoms with Crippen LogP contribution in [0.25, 0.3) is 6.08 Å². The van der Waals surface area contributed by atoms with E-state index in [1.54, 1.807) is 10.8 Å². The van der Waals surface area contributed by atoms with E-state index in [0.29, 0.717) is 5.56 Å². The second-order valence-corrected chi connectivity index (χ2v) is 4.04. The van der Waals surface area contributed by atoms with Crippen LogP contribution in [0.15, 0.2) is 36.4 Å². The third-order valence-electron chi connectivity index (χ3n) is 2.67. The van der Waals surface area contributed by atoms with E-state index in [4.69, 9.17) is 0 Å². The van der Waals surface area contributed by atoms with Crippen LogP contribution in [0.2, 0.25) is 0 Å². The Kier molecular flexibility index (Phi) is 3.37. The normalized spacial score (nSPS) is 11.1. The molecule has 0 aliphatic heterocycles. The number of carbonyl (C=O) groups excluding carboxylic acids is 1. The van der Waals surface area contributed by atoms with Gasteiger partial charge in [-0.25, -0.2) is 4.39 Å². The van der Waals surface area contributed by atoms with Gasteiger partial charge in [-0.15, -0.1) is 0 Å². The van der Waals surface area contributed by atoms with E-state index in [0.717, 1.165) is 11.4 Å². The Morgan fingerprint density at radius 2 is 2.00 bits per heavy atom. The Morgan fingerprint density at radius 3 is 2.56 bits per heavy atom. The minimum atomic E-state index is -0.351. The van der Waals surface area contributed by atoms with Crippen LogP contribution < -0.4 is 0 Å². The summed E-state index contributed by atoms with van der Waals surface area (Å²) in [6, 6.07) is 7.35. The predicted octanol–water partition coefficient (Wildman–Crippen LogP) is 2.76. The molecule has 0 atom stereocenters. The van der Waals surface area contributed by atoms with Crippen molar-refractivity contribution in [3.8, 4) is 0 Å². The number of hydrogen-bond acceptors (Lipinski definition) is 2. The molecule has 0 bridgehead atoms. The minimum Gasteiger partial charge on any atom is -0.289 e. The maximum absolute atomic E-state index is 12.7. The lowest BCUT2D eigenvalue weighted by atomic mass is 10.1. The third-order valence-corrected chi connectivity index (χ3v) is 2.67. The summed E-state index contributed by atoms with van der Waals surface area (Å²) in [6.07, 6.45) is 3.09. The number of hydrogen-bond donors (Lipinski definition) is 0. The molecule has 2 aromatic rings. The third kappa shape index (κ3) is 2.71. The number of carbonyl (C=O) groups is 1. The highest BCUT2D eigenvalue weighted by Gasteiger charge is 2.02. The topological polar surface area (TPSA) is 34.9 Å². The van der Waals surface area contributed by atoms with Gasteiger partial charge in [-0.05, 0) is 49.4 Å². The van der Waals surface area contributed by atoms with Gasteiger partial charge in [-0.3, -0.25) is 9.48 Å². The Hall–Kier alpha value is -2.23. The minimum absolute atomic E-state index is 0.168. The number of benzene rings is 1. The highest BCUT2D eigenvalue weighted by molar-refractivity contribution is 6.06. The van der Waals surface area contributed by atoms with E-state index in [1.807, 2.05) is 20.0 Å². The Labute approximate surface area is 105 Å². The molecule has 0 unspecified atom stereocenters. The van der Waals surface area contributed by atoms with E-state index in [1.165, 1.54) is 30.3 Å². The van der Waals surface area contributed by atoms with E-state index >= 15 is 0 Å². The molecule has 2 rings (SSSR count). The molecule has 0 spiro atoms. The average molecular weight is 244 g/mol. The molecule has 0 N–H and O–H groups in total. The molecule has 0 aliphatic rings. The molecular formula is C14H13FN2O. The van der Waals surface area contributed by atoms with Crippen molar-refractivity contribution >= 4 is 11.9 Å². The first-order valence-corrected chi connectivity index (χ1v) is 5.55. The quantitative estimate of drug-likeness (QED) is 0.614. The first-order chi connectivity index (χ1) is 8.56. The Bertz CT molecular complexity index is 577. The van der Waals surface area contributed by atoms with Gasteiger partial charge in [0, 0.05) is 18.3 Å². The summed E-state index contributed by atoms with van der Waals surface area (Å²) in [5, 5.41) is 4.21. The fourth-order valence-electron chi connectivity index (χ4n) is 1.54. The molecule has 4 heteroatoms. The molecule has 0 aliphatic carbocycles. The van der Waals surface area contributed by atoms with E-state index in [9.17, 15) is 9.18 Å². The van der Waals surface area contributed by atoms with Crippen molar-refractivity contribution in [1.82, 2.24) is 9.78 Å². The first-order valence-electron chi connectivity index (χ1n) is 5.55. The summed E-state index contributed by atoms with van der Waals surface area (Å²) in [7, 11) is 1.84. The van der Waals surface area contributed by atoms with Gasteiger partial charge in [0.1, 0.15) is 5.82 Å². The highest BCUT2D eigenvalue weighted by atomic mass is 19.1. The predicted molar refractivity (Wildman–Crippen MR) is 67.7 cm³/mol. The van der Waals surface area contributed by atoms with Crippen molar-refractivity contribution in [2.75, 3.05) is 0 Å². The van der Waals surface area contributed by atoms with Gasteiger partial charge < -0.3 is 0 Å². The van der Waals surface area contributed by atoms with Crippen LogP contribution in [-0.2, 0) is 7.05 Å². The van der Waals surface area contributed by atoms with Gasteiger partial charge in [0.15, 0.2) is 5.78 Å². The number of aryl methyl sites for hydroxylation is 2. The second kappa shape index (κ2) is 4.96. The molecule has 1 heterocycles. The molecule has 0 saturated carbocycles. The lowest BCUT2D eigenvalue weighted by molar-refractivity contribution is 0.104. The van der Waals surface area contributed by atoms with Crippen LogP contribution in [0.3, 0.4) is 0 Å². The Balaban J connectivity index is 2.14. The summed E-state index contributed by atoms with van der Waals surface area (Å²) >= 11 is 0. The number of halogens is 1. The zero-order chi connectivity index (χ0) is 13.1. The molecule has 1 aromatic heterocycles. The van der Waals surface area contributed by atoms with Crippen LogP contribution in [0.5, 0.6) is 0 Å². The lowest BCUT2D eigenvalue weighted by Crippen LogP contribution is -1.94. The van der Waals surface area contributed by atoms with Crippen LogP contribution in [0.1, 0.15) is 21.7 Å². The summed E-state index contributed by atoms with van der Waals surface area (Å²) < 4.78 is 14.4. The molecule has 0 radical (unpaired) electrons. The number of ketones is 1. The van der Waals surface area contributed by atoms with Crippen LogP contribution in [-0.4, -0.2) is 15.6 Å². The van der Waals surface area contributed by atoms with Crippen LogP contribution in [0.4, 0.5) is 4.39 Å². The smallest absolute Gasteiger partial charge is 0.185 e. The fraction of sp³-hybridized carbons (Fsp3) is 0.143. The largest absolute Gasteiger partial charge is 0.289 e. The first kappa shape index (κ1) is 12.2. The van der Waals surface area contributed by atoms with E-state index in [2.05, 4.69) is 5.10 Å². The highest BCUT2D eigenvalue weighted by Crippen LogP contribution is 2.07. The standard InChI is InChI=1S/C14H13FN2O/c1-10-9-13(16-17(10)2)7-8-14(18)11-3-5-12(15)6-4-11/h3-9H,1-2H3/b8-7+. The van der Waals surface area contributed by atoms with Gasteiger partial charge in [0.25, 0.3) is 0 Å². The SMILES string of the molecule is Cc1cc(/C=C/C(=O)c2ccc(F)cc2)nn1C. The van der Waals surface area contributed by atoms with Crippen LogP contribution >= 0.6 is 0 Å². The molecule has 0 amide bonds. The number of rotatable bonds is 3. The molecular weight excluding hydrogens is 231 g/mol. The fourth-order valence-corrected chi connectivity index (χ4v) is 1.54. The maximum atomic E-state index is 12.7. The van der Waals surface area contributed by atoms with E-state index in [-0.39, 0.29) is 11.6 Å².